The zero-order valence-electron chi connectivity index (χ0n) is 22.2. The van der Waals surface area contributed by atoms with E-state index in [1.54, 1.807) is 12.0 Å². The van der Waals surface area contributed by atoms with E-state index in [1.807, 2.05) is 68.4 Å². The Hall–Kier alpha value is -3.60. The van der Waals surface area contributed by atoms with Crippen LogP contribution in [-0.4, -0.2) is 35.9 Å². The van der Waals surface area contributed by atoms with Crippen LogP contribution in [0.15, 0.2) is 72.8 Å². The van der Waals surface area contributed by atoms with Crippen LogP contribution >= 0.6 is 0 Å². The standard InChI is InChI=1S/C32H38N2O3/c1-23-16-17-24(2)27(18-23)21-31(35)34(22-26-12-9-15-29(19-26)37-3)30(20-25-10-5-4-6-11-25)32(36)33-28-13-7-8-14-28/h4-6,9-12,15-19,28,30H,7-8,13-14,20-22H2,1-3H3,(H,33,36). The van der Waals surface area contributed by atoms with Crippen LogP contribution in [0.25, 0.3) is 0 Å². The number of hydrogen-bond acceptors (Lipinski definition) is 3. The van der Waals surface area contributed by atoms with Crippen molar-refractivity contribution in [2.45, 2.75) is 71.0 Å². The third kappa shape index (κ3) is 7.22. The lowest BCUT2D eigenvalue weighted by Gasteiger charge is -2.32. The van der Waals surface area contributed by atoms with Gasteiger partial charge in [0.2, 0.25) is 11.8 Å². The third-order valence-electron chi connectivity index (χ3n) is 7.31. The molecule has 1 unspecified atom stereocenters. The molecule has 0 heterocycles. The summed E-state index contributed by atoms with van der Waals surface area (Å²) >= 11 is 0. The van der Waals surface area contributed by atoms with Gasteiger partial charge in [-0.3, -0.25) is 9.59 Å². The normalized spacial score (nSPS) is 14.2. The fraction of sp³-hybridized carbons (Fsp3) is 0.375. The van der Waals surface area contributed by atoms with Gasteiger partial charge in [-0.1, -0.05) is 79.1 Å². The Balaban J connectivity index is 1.69. The van der Waals surface area contributed by atoms with Gasteiger partial charge in [0.1, 0.15) is 11.8 Å². The van der Waals surface area contributed by atoms with E-state index in [1.165, 1.54) is 0 Å². The van der Waals surface area contributed by atoms with Gasteiger partial charge in [-0.25, -0.2) is 0 Å². The zero-order valence-corrected chi connectivity index (χ0v) is 22.2. The van der Waals surface area contributed by atoms with E-state index in [2.05, 4.69) is 23.5 Å². The lowest BCUT2D eigenvalue weighted by atomic mass is 9.99. The lowest BCUT2D eigenvalue weighted by molar-refractivity contribution is -0.141. The minimum absolute atomic E-state index is 0.0565. The van der Waals surface area contributed by atoms with Gasteiger partial charge < -0.3 is 15.0 Å². The Bertz CT molecular complexity index is 1200. The van der Waals surface area contributed by atoms with Crippen molar-refractivity contribution in [3.05, 3.63) is 101 Å². The number of carbonyl (C=O) groups is 2. The van der Waals surface area contributed by atoms with Gasteiger partial charge in [0.05, 0.1) is 13.5 Å². The molecule has 0 bridgehead atoms. The van der Waals surface area contributed by atoms with Crippen LogP contribution < -0.4 is 10.1 Å². The Morgan fingerprint density at radius 1 is 0.946 bits per heavy atom. The Labute approximate surface area is 220 Å². The summed E-state index contributed by atoms with van der Waals surface area (Å²) in [5.41, 5.74) is 5.16. The van der Waals surface area contributed by atoms with Crippen molar-refractivity contribution in [1.29, 1.82) is 0 Å². The first kappa shape index (κ1) is 26.5. The summed E-state index contributed by atoms with van der Waals surface area (Å²) < 4.78 is 5.43. The molecule has 5 heteroatoms. The summed E-state index contributed by atoms with van der Waals surface area (Å²) in [6, 6.07) is 23.4. The Morgan fingerprint density at radius 3 is 2.41 bits per heavy atom. The SMILES string of the molecule is COc1cccc(CN(C(=O)Cc2cc(C)ccc2C)C(Cc2ccccc2)C(=O)NC2CCCC2)c1. The highest BCUT2D eigenvalue weighted by atomic mass is 16.5. The molecule has 0 spiro atoms. The Kier molecular flexibility index (Phi) is 8.99. The molecule has 3 aromatic carbocycles. The number of ether oxygens (including phenoxy) is 1. The summed E-state index contributed by atoms with van der Waals surface area (Å²) in [6.45, 7) is 4.40. The van der Waals surface area contributed by atoms with E-state index in [-0.39, 0.29) is 24.3 Å². The smallest absolute Gasteiger partial charge is 0.243 e. The van der Waals surface area contributed by atoms with Gasteiger partial charge in [-0.05, 0) is 61.1 Å². The van der Waals surface area contributed by atoms with Crippen LogP contribution in [0.3, 0.4) is 0 Å². The summed E-state index contributed by atoms with van der Waals surface area (Å²) in [6.07, 6.45) is 4.97. The molecule has 1 N–H and O–H groups in total. The van der Waals surface area contributed by atoms with Gasteiger partial charge in [0.25, 0.3) is 0 Å². The highest BCUT2D eigenvalue weighted by Gasteiger charge is 2.32. The monoisotopic (exact) mass is 498 g/mol. The first-order valence-corrected chi connectivity index (χ1v) is 13.3. The molecule has 1 aliphatic rings. The summed E-state index contributed by atoms with van der Waals surface area (Å²) in [5, 5.41) is 3.27. The van der Waals surface area contributed by atoms with E-state index in [9.17, 15) is 9.59 Å². The number of amides is 2. The van der Waals surface area contributed by atoms with Gasteiger partial charge >= 0.3 is 0 Å². The molecule has 0 radical (unpaired) electrons. The summed E-state index contributed by atoms with van der Waals surface area (Å²) in [4.78, 5) is 29.6. The van der Waals surface area contributed by atoms with Crippen molar-refractivity contribution in [2.24, 2.45) is 0 Å². The lowest BCUT2D eigenvalue weighted by Crippen LogP contribution is -2.52. The van der Waals surface area contributed by atoms with Crippen molar-refractivity contribution in [3.63, 3.8) is 0 Å². The summed E-state index contributed by atoms with van der Waals surface area (Å²) in [5.74, 6) is 0.599. The molecule has 0 aromatic heterocycles. The number of aryl methyl sites for hydroxylation is 2. The van der Waals surface area contributed by atoms with Gasteiger partial charge in [0.15, 0.2) is 0 Å². The maximum Gasteiger partial charge on any atom is 0.243 e. The van der Waals surface area contributed by atoms with Crippen LogP contribution in [0.5, 0.6) is 5.75 Å². The number of benzene rings is 3. The zero-order chi connectivity index (χ0) is 26.2. The highest BCUT2D eigenvalue weighted by molar-refractivity contribution is 5.89. The van der Waals surface area contributed by atoms with Crippen LogP contribution in [-0.2, 0) is 29.0 Å². The third-order valence-corrected chi connectivity index (χ3v) is 7.31. The molecule has 2 amide bonds. The Morgan fingerprint density at radius 2 is 1.68 bits per heavy atom. The second-order valence-corrected chi connectivity index (χ2v) is 10.2. The molecular formula is C32H38N2O3. The molecule has 0 saturated heterocycles. The van der Waals surface area contributed by atoms with Crippen molar-refractivity contribution in [3.8, 4) is 5.75 Å². The minimum Gasteiger partial charge on any atom is -0.497 e. The van der Waals surface area contributed by atoms with Crippen LogP contribution in [0.1, 0.15) is 53.5 Å². The molecule has 4 rings (SSSR count). The second kappa shape index (κ2) is 12.6. The topological polar surface area (TPSA) is 58.6 Å². The van der Waals surface area contributed by atoms with Gasteiger partial charge in [-0.2, -0.15) is 0 Å². The molecule has 0 aliphatic heterocycles. The molecule has 3 aromatic rings. The number of methoxy groups -OCH3 is 1. The van der Waals surface area contributed by atoms with E-state index >= 15 is 0 Å². The van der Waals surface area contributed by atoms with Crippen molar-refractivity contribution >= 4 is 11.8 Å². The van der Waals surface area contributed by atoms with E-state index in [4.69, 9.17) is 4.74 Å². The van der Waals surface area contributed by atoms with Gasteiger partial charge in [0, 0.05) is 19.0 Å². The number of carbonyl (C=O) groups excluding carboxylic acids is 2. The average molecular weight is 499 g/mol. The van der Waals surface area contributed by atoms with Crippen LogP contribution in [0, 0.1) is 13.8 Å². The van der Waals surface area contributed by atoms with Crippen LogP contribution in [0.2, 0.25) is 0 Å². The van der Waals surface area contributed by atoms with Gasteiger partial charge in [-0.15, -0.1) is 0 Å². The summed E-state index contributed by atoms with van der Waals surface area (Å²) in [7, 11) is 1.63. The second-order valence-electron chi connectivity index (χ2n) is 10.2. The molecule has 5 nitrogen and oxygen atoms in total. The molecule has 37 heavy (non-hydrogen) atoms. The first-order valence-electron chi connectivity index (χ1n) is 13.3. The minimum atomic E-state index is -0.619. The van der Waals surface area contributed by atoms with E-state index in [0.29, 0.717) is 13.0 Å². The average Bonchev–Trinajstić information content (AvgIpc) is 3.42. The highest BCUT2D eigenvalue weighted by Crippen LogP contribution is 2.22. The molecular weight excluding hydrogens is 460 g/mol. The number of nitrogens with one attached hydrogen (secondary N) is 1. The number of nitrogens with zero attached hydrogens (tertiary/aromatic N) is 1. The molecule has 1 saturated carbocycles. The predicted octanol–water partition coefficient (Wildman–Crippen LogP) is 5.55. The first-order chi connectivity index (χ1) is 17.9. The molecule has 1 fully saturated rings. The van der Waals surface area contributed by atoms with Crippen molar-refractivity contribution < 1.29 is 14.3 Å². The van der Waals surface area contributed by atoms with Crippen LogP contribution in [0.4, 0.5) is 0 Å². The molecule has 1 atom stereocenters. The quantitative estimate of drug-likeness (QED) is 0.399. The number of rotatable bonds is 10. The van der Waals surface area contributed by atoms with Crippen molar-refractivity contribution in [2.75, 3.05) is 7.11 Å². The molecule has 1 aliphatic carbocycles. The fourth-order valence-electron chi connectivity index (χ4n) is 5.14. The maximum atomic E-state index is 14.0. The van der Waals surface area contributed by atoms with E-state index in [0.717, 1.165) is 59.3 Å². The van der Waals surface area contributed by atoms with Crippen molar-refractivity contribution in [1.82, 2.24) is 10.2 Å². The van der Waals surface area contributed by atoms with E-state index < -0.39 is 6.04 Å². The molecule has 194 valence electrons. The maximum absolute atomic E-state index is 14.0. The predicted molar refractivity (Wildman–Crippen MR) is 147 cm³/mol. The number of hydrogen-bond donors (Lipinski definition) is 1. The fourth-order valence-corrected chi connectivity index (χ4v) is 5.14. The largest absolute Gasteiger partial charge is 0.497 e.